The fourth-order valence-corrected chi connectivity index (χ4v) is 2.26. The largest absolute Gasteiger partial charge is 0.461 e. The topological polar surface area (TPSA) is 50.4 Å². The van der Waals surface area contributed by atoms with Gasteiger partial charge in [0.1, 0.15) is 6.61 Å². The lowest BCUT2D eigenvalue weighted by atomic mass is 10.2. The van der Waals surface area contributed by atoms with Crippen molar-refractivity contribution >= 4 is 29.0 Å². The van der Waals surface area contributed by atoms with Crippen molar-refractivity contribution in [2.75, 3.05) is 11.9 Å². The number of hydrogen-bond acceptors (Lipinski definition) is 3. The Balaban J connectivity index is 1.71. The molecule has 8 heteroatoms. The van der Waals surface area contributed by atoms with Crippen molar-refractivity contribution < 1.29 is 22.7 Å². The van der Waals surface area contributed by atoms with Gasteiger partial charge in [-0.1, -0.05) is 36.4 Å². The molecular formula is C18H17F3N2O2S. The molecule has 2 N–H and O–H groups in total. The van der Waals surface area contributed by atoms with Crippen molar-refractivity contribution in [1.82, 2.24) is 5.32 Å². The van der Waals surface area contributed by atoms with Crippen LogP contribution < -0.4 is 10.6 Å². The second-order valence-corrected chi connectivity index (χ2v) is 5.76. The van der Waals surface area contributed by atoms with Crippen molar-refractivity contribution in [1.29, 1.82) is 0 Å². The summed E-state index contributed by atoms with van der Waals surface area (Å²) < 4.78 is 43.1. The van der Waals surface area contributed by atoms with E-state index in [1.807, 2.05) is 30.3 Å². The van der Waals surface area contributed by atoms with E-state index in [4.69, 9.17) is 17.0 Å². The van der Waals surface area contributed by atoms with Gasteiger partial charge in [-0.15, -0.1) is 0 Å². The zero-order valence-electron chi connectivity index (χ0n) is 13.7. The Morgan fingerprint density at radius 2 is 1.81 bits per heavy atom. The van der Waals surface area contributed by atoms with Gasteiger partial charge in [0.15, 0.2) is 5.11 Å². The lowest BCUT2D eigenvalue weighted by molar-refractivity contribution is -0.144. The van der Waals surface area contributed by atoms with Gasteiger partial charge in [0.2, 0.25) is 0 Å². The van der Waals surface area contributed by atoms with Crippen LogP contribution in [0.3, 0.4) is 0 Å². The van der Waals surface area contributed by atoms with Crippen LogP contribution in [0.4, 0.5) is 18.9 Å². The Labute approximate surface area is 154 Å². The van der Waals surface area contributed by atoms with E-state index in [0.717, 1.165) is 17.7 Å². The summed E-state index contributed by atoms with van der Waals surface area (Å²) in [6.45, 7) is 0.394. The summed E-state index contributed by atoms with van der Waals surface area (Å²) in [6, 6.07) is 14.0. The first kappa shape index (κ1) is 19.7. The quantitative estimate of drug-likeness (QED) is 0.581. The smallest absolute Gasteiger partial charge is 0.416 e. The highest BCUT2D eigenvalue weighted by Crippen LogP contribution is 2.30. The van der Waals surface area contributed by atoms with Gasteiger partial charge in [-0.25, -0.2) is 0 Å². The highest BCUT2D eigenvalue weighted by molar-refractivity contribution is 7.80. The maximum atomic E-state index is 12.7. The number of hydrogen-bond donors (Lipinski definition) is 2. The molecule has 26 heavy (non-hydrogen) atoms. The van der Waals surface area contributed by atoms with Gasteiger partial charge in [-0.2, -0.15) is 13.2 Å². The summed E-state index contributed by atoms with van der Waals surface area (Å²) in [5, 5.41) is 5.54. The number of ether oxygens (including phenoxy) is 1. The second kappa shape index (κ2) is 9.19. The van der Waals surface area contributed by atoms with Crippen LogP contribution in [0.15, 0.2) is 54.6 Å². The molecule has 0 atom stereocenters. The first-order valence-electron chi connectivity index (χ1n) is 7.76. The number of halogens is 3. The number of rotatable bonds is 6. The number of esters is 1. The number of anilines is 1. The van der Waals surface area contributed by atoms with Crippen LogP contribution >= 0.6 is 12.2 Å². The molecule has 2 aromatic carbocycles. The van der Waals surface area contributed by atoms with E-state index in [1.165, 1.54) is 12.1 Å². The molecule has 0 radical (unpaired) electrons. The molecule has 0 aliphatic heterocycles. The number of carbonyl (C=O) groups is 1. The van der Waals surface area contributed by atoms with E-state index in [0.29, 0.717) is 0 Å². The van der Waals surface area contributed by atoms with Gasteiger partial charge in [-0.05, 0) is 36.0 Å². The fourth-order valence-electron chi connectivity index (χ4n) is 2.04. The Morgan fingerprint density at radius 3 is 2.50 bits per heavy atom. The molecule has 2 rings (SSSR count). The van der Waals surface area contributed by atoms with Crippen LogP contribution in [0.25, 0.3) is 0 Å². The lowest BCUT2D eigenvalue weighted by Gasteiger charge is -2.12. The number of thiocarbonyl (C=S) groups is 1. The Morgan fingerprint density at radius 1 is 1.08 bits per heavy atom. The maximum absolute atomic E-state index is 12.7. The number of carbonyl (C=O) groups excluding carboxylic acids is 1. The molecule has 4 nitrogen and oxygen atoms in total. The number of alkyl halides is 3. The minimum Gasteiger partial charge on any atom is -0.461 e. The van der Waals surface area contributed by atoms with Gasteiger partial charge in [-0.3, -0.25) is 4.79 Å². The third-order valence-corrected chi connectivity index (χ3v) is 3.55. The molecule has 0 aromatic heterocycles. The van der Waals surface area contributed by atoms with E-state index in [-0.39, 0.29) is 30.4 Å². The van der Waals surface area contributed by atoms with Crippen molar-refractivity contribution in [2.24, 2.45) is 0 Å². The van der Waals surface area contributed by atoms with E-state index in [1.54, 1.807) is 0 Å². The molecule has 0 bridgehead atoms. The summed E-state index contributed by atoms with van der Waals surface area (Å²) >= 11 is 5.01. The summed E-state index contributed by atoms with van der Waals surface area (Å²) in [4.78, 5) is 11.7. The normalized spacial score (nSPS) is 10.9. The Kier molecular flexibility index (Phi) is 6.97. The molecule has 2 aromatic rings. The summed E-state index contributed by atoms with van der Waals surface area (Å²) in [7, 11) is 0. The second-order valence-electron chi connectivity index (χ2n) is 5.36. The molecule has 0 spiro atoms. The first-order chi connectivity index (χ1) is 12.3. The van der Waals surface area contributed by atoms with Crippen LogP contribution in [0.1, 0.15) is 17.5 Å². The minimum absolute atomic E-state index is 0.0806. The molecule has 0 amide bonds. The molecule has 0 aliphatic carbocycles. The SMILES string of the molecule is O=C(CCNC(=S)Nc1cccc(C(F)(F)F)c1)OCc1ccccc1. The number of nitrogens with one attached hydrogen (secondary N) is 2. The molecule has 0 heterocycles. The third kappa shape index (κ3) is 6.72. The van der Waals surface area contributed by atoms with Gasteiger partial charge in [0, 0.05) is 12.2 Å². The average Bonchev–Trinajstić information content (AvgIpc) is 2.60. The lowest BCUT2D eigenvalue weighted by Crippen LogP contribution is -2.30. The van der Waals surface area contributed by atoms with Gasteiger partial charge < -0.3 is 15.4 Å². The Bertz CT molecular complexity index is 752. The minimum atomic E-state index is -4.42. The van der Waals surface area contributed by atoms with Crippen LogP contribution in [0.5, 0.6) is 0 Å². The molecule has 0 saturated carbocycles. The summed E-state index contributed by atoms with van der Waals surface area (Å²) in [5.41, 5.74) is 0.328. The van der Waals surface area contributed by atoms with Gasteiger partial charge in [0.05, 0.1) is 12.0 Å². The fraction of sp³-hybridized carbons (Fsp3) is 0.222. The van der Waals surface area contributed by atoms with Gasteiger partial charge in [0.25, 0.3) is 0 Å². The van der Waals surface area contributed by atoms with Crippen molar-refractivity contribution in [3.05, 3.63) is 65.7 Å². The summed E-state index contributed by atoms with van der Waals surface area (Å²) in [5.74, 6) is -0.400. The first-order valence-corrected chi connectivity index (χ1v) is 8.17. The van der Waals surface area contributed by atoms with Crippen molar-refractivity contribution in [3.63, 3.8) is 0 Å². The molecule has 0 fully saturated rings. The van der Waals surface area contributed by atoms with Crippen molar-refractivity contribution in [3.8, 4) is 0 Å². The molecule has 0 aliphatic rings. The predicted molar refractivity (Wildman–Crippen MR) is 96.5 cm³/mol. The highest BCUT2D eigenvalue weighted by Gasteiger charge is 2.30. The van der Waals surface area contributed by atoms with E-state index in [9.17, 15) is 18.0 Å². The number of benzene rings is 2. The molecule has 138 valence electrons. The van der Waals surface area contributed by atoms with Crippen molar-refractivity contribution in [2.45, 2.75) is 19.2 Å². The third-order valence-electron chi connectivity index (χ3n) is 3.31. The maximum Gasteiger partial charge on any atom is 0.416 e. The Hall–Kier alpha value is -2.61. The zero-order valence-corrected chi connectivity index (χ0v) is 14.5. The molecule has 0 saturated heterocycles. The molecule has 0 unspecified atom stereocenters. The van der Waals surface area contributed by atoms with E-state index < -0.39 is 17.7 Å². The highest BCUT2D eigenvalue weighted by atomic mass is 32.1. The van der Waals surface area contributed by atoms with Gasteiger partial charge >= 0.3 is 12.1 Å². The predicted octanol–water partition coefficient (Wildman–Crippen LogP) is 4.13. The molecular weight excluding hydrogens is 365 g/mol. The summed E-state index contributed by atoms with van der Waals surface area (Å²) in [6.07, 6.45) is -4.34. The van der Waals surface area contributed by atoms with E-state index in [2.05, 4.69) is 10.6 Å². The van der Waals surface area contributed by atoms with Crippen LogP contribution in [-0.2, 0) is 22.3 Å². The standard InChI is InChI=1S/C18H17F3N2O2S/c19-18(20,21)14-7-4-8-15(11-14)23-17(26)22-10-9-16(24)25-12-13-5-2-1-3-6-13/h1-8,11H,9-10,12H2,(H2,22,23,26). The monoisotopic (exact) mass is 382 g/mol. The van der Waals surface area contributed by atoms with Crippen LogP contribution in [0.2, 0.25) is 0 Å². The van der Waals surface area contributed by atoms with E-state index >= 15 is 0 Å². The van der Waals surface area contributed by atoms with Crippen LogP contribution in [0, 0.1) is 0 Å². The zero-order chi connectivity index (χ0) is 19.0. The van der Waals surface area contributed by atoms with Crippen LogP contribution in [-0.4, -0.2) is 17.6 Å². The average molecular weight is 382 g/mol.